The van der Waals surface area contributed by atoms with E-state index in [1.165, 1.54) is 0 Å². The fourth-order valence-electron chi connectivity index (χ4n) is 2.11. The zero-order valence-corrected chi connectivity index (χ0v) is 11.8. The van der Waals surface area contributed by atoms with Gasteiger partial charge in [-0.1, -0.05) is 47.6 Å². The molecule has 90 valence electrons. The molecule has 0 aromatic heterocycles. The Labute approximate surface area is 101 Å². The number of hydrogen-bond acceptors (Lipinski definition) is 1. The molecule has 0 bridgehead atoms. The van der Waals surface area contributed by atoms with Crippen molar-refractivity contribution in [1.82, 2.24) is 0 Å². The van der Waals surface area contributed by atoms with Crippen LogP contribution in [-0.4, -0.2) is 13.8 Å². The smallest absolute Gasteiger partial charge is 0.251 e. The van der Waals surface area contributed by atoms with Crippen molar-refractivity contribution in [1.29, 1.82) is 0 Å². The predicted molar refractivity (Wildman–Crippen MR) is 72.6 cm³/mol. The van der Waals surface area contributed by atoms with Gasteiger partial charge in [0, 0.05) is 5.92 Å². The maximum absolute atomic E-state index is 5.57. The summed E-state index contributed by atoms with van der Waals surface area (Å²) >= 11 is 0. The van der Waals surface area contributed by atoms with E-state index in [1.54, 1.807) is 7.11 Å². The predicted octanol–water partition coefficient (Wildman–Crippen LogP) is 4.12. The molecule has 1 heterocycles. The molecule has 1 unspecified atom stereocenters. The van der Waals surface area contributed by atoms with Gasteiger partial charge in [-0.05, 0) is 16.8 Å². The molecular formula is C14H25BO. The molecule has 2 heteroatoms. The summed E-state index contributed by atoms with van der Waals surface area (Å²) in [5, 5.41) is 0.223. The Kier molecular flexibility index (Phi) is 3.61. The maximum atomic E-state index is 5.57. The molecule has 0 aromatic carbocycles. The summed E-state index contributed by atoms with van der Waals surface area (Å²) in [4.78, 5) is 0. The van der Waals surface area contributed by atoms with Gasteiger partial charge in [0.2, 0.25) is 0 Å². The van der Waals surface area contributed by atoms with Gasteiger partial charge in [0.05, 0.1) is 12.8 Å². The van der Waals surface area contributed by atoms with Gasteiger partial charge in [0.25, 0.3) is 6.71 Å². The minimum atomic E-state index is 0.223. The molecule has 0 saturated heterocycles. The van der Waals surface area contributed by atoms with Gasteiger partial charge in [-0.25, -0.2) is 0 Å². The standard InChI is InChI=1S/C14H25BO/c1-13(2,3)11-8-9-15(14(4,5)6)12(10-11)16-7/h8-11H,1-7H3. The van der Waals surface area contributed by atoms with Crippen LogP contribution >= 0.6 is 0 Å². The second-order valence-corrected chi connectivity index (χ2v) is 6.89. The number of rotatable bonds is 1. The van der Waals surface area contributed by atoms with E-state index in [1.807, 2.05) is 0 Å². The average Bonchev–Trinajstić information content (AvgIpc) is 2.14. The van der Waals surface area contributed by atoms with Crippen LogP contribution in [0.1, 0.15) is 41.5 Å². The third-order valence-corrected chi connectivity index (χ3v) is 3.33. The molecule has 1 nitrogen and oxygen atoms in total. The molecule has 16 heavy (non-hydrogen) atoms. The summed E-state index contributed by atoms with van der Waals surface area (Å²) in [7, 11) is 1.78. The highest BCUT2D eigenvalue weighted by molar-refractivity contribution is 6.74. The Bertz CT molecular complexity index is 302. The van der Waals surface area contributed by atoms with Gasteiger partial charge in [-0.2, -0.15) is 0 Å². The highest BCUT2D eigenvalue weighted by atomic mass is 16.5. The first-order chi connectivity index (χ1) is 7.16. The molecule has 1 aliphatic heterocycles. The van der Waals surface area contributed by atoms with Gasteiger partial charge < -0.3 is 4.74 Å². The van der Waals surface area contributed by atoms with Crippen LogP contribution in [0.25, 0.3) is 0 Å². The minimum Gasteiger partial charge on any atom is -0.511 e. The Balaban J connectivity index is 2.97. The van der Waals surface area contributed by atoms with Gasteiger partial charge in [0.1, 0.15) is 0 Å². The molecular weight excluding hydrogens is 195 g/mol. The van der Waals surface area contributed by atoms with E-state index in [2.05, 4.69) is 59.7 Å². The minimum absolute atomic E-state index is 0.223. The number of ether oxygens (including phenoxy) is 1. The molecule has 0 spiro atoms. The molecule has 0 aromatic rings. The van der Waals surface area contributed by atoms with Crippen LogP contribution in [0.15, 0.2) is 23.8 Å². The lowest BCUT2D eigenvalue weighted by molar-refractivity contribution is 0.292. The Hall–Kier alpha value is -0.655. The van der Waals surface area contributed by atoms with Crippen LogP contribution in [0.4, 0.5) is 0 Å². The highest BCUT2D eigenvalue weighted by Gasteiger charge is 2.35. The van der Waals surface area contributed by atoms with E-state index in [-0.39, 0.29) is 10.7 Å². The summed E-state index contributed by atoms with van der Waals surface area (Å²) in [6.45, 7) is 14.0. The zero-order chi connectivity index (χ0) is 12.6. The van der Waals surface area contributed by atoms with E-state index in [9.17, 15) is 0 Å². The van der Waals surface area contributed by atoms with Crippen molar-refractivity contribution < 1.29 is 4.74 Å². The number of hydrogen-bond donors (Lipinski definition) is 0. The second kappa shape index (κ2) is 4.31. The van der Waals surface area contributed by atoms with Gasteiger partial charge in [-0.3, -0.25) is 0 Å². The summed E-state index contributed by atoms with van der Waals surface area (Å²) in [6.07, 6.45) is 4.62. The first-order valence-corrected chi connectivity index (χ1v) is 6.10. The van der Waals surface area contributed by atoms with Crippen LogP contribution in [0, 0.1) is 11.3 Å². The van der Waals surface area contributed by atoms with Crippen LogP contribution < -0.4 is 0 Å². The molecule has 0 N–H and O–H groups in total. The normalized spacial score (nSPS) is 22.1. The summed E-state index contributed by atoms with van der Waals surface area (Å²) in [5.41, 5.74) is 1.39. The fraction of sp³-hybridized carbons (Fsp3) is 0.714. The lowest BCUT2D eigenvalue weighted by Crippen LogP contribution is -2.32. The quantitative estimate of drug-likeness (QED) is 0.604. The second-order valence-electron chi connectivity index (χ2n) is 6.89. The molecule has 1 atom stereocenters. The molecule has 1 aliphatic rings. The molecule has 0 radical (unpaired) electrons. The van der Waals surface area contributed by atoms with Gasteiger partial charge in [0.15, 0.2) is 0 Å². The van der Waals surface area contributed by atoms with Crippen molar-refractivity contribution in [3.05, 3.63) is 23.8 Å². The summed E-state index contributed by atoms with van der Waals surface area (Å²) in [5.74, 6) is 2.79. The molecule has 0 aliphatic carbocycles. The zero-order valence-electron chi connectivity index (χ0n) is 11.8. The lowest BCUT2D eigenvalue weighted by Gasteiger charge is -2.34. The Morgan fingerprint density at radius 2 is 1.69 bits per heavy atom. The van der Waals surface area contributed by atoms with Crippen molar-refractivity contribution in [2.24, 2.45) is 11.3 Å². The topological polar surface area (TPSA) is 9.23 Å². The number of methoxy groups -OCH3 is 1. The van der Waals surface area contributed by atoms with Crippen molar-refractivity contribution >= 4 is 6.71 Å². The summed E-state index contributed by atoms with van der Waals surface area (Å²) in [6, 6.07) is 0. The van der Waals surface area contributed by atoms with Crippen LogP contribution in [0.2, 0.25) is 5.31 Å². The van der Waals surface area contributed by atoms with E-state index in [0.29, 0.717) is 12.6 Å². The van der Waals surface area contributed by atoms with Gasteiger partial charge in [-0.15, -0.1) is 5.98 Å². The van der Waals surface area contributed by atoms with E-state index >= 15 is 0 Å². The Morgan fingerprint density at radius 3 is 2.06 bits per heavy atom. The molecule has 1 rings (SSSR count). The van der Waals surface area contributed by atoms with E-state index < -0.39 is 0 Å². The van der Waals surface area contributed by atoms with E-state index in [4.69, 9.17) is 4.74 Å². The third kappa shape index (κ3) is 2.93. The van der Waals surface area contributed by atoms with Crippen molar-refractivity contribution in [2.45, 2.75) is 46.9 Å². The fourth-order valence-corrected chi connectivity index (χ4v) is 2.11. The molecule has 0 fully saturated rings. The highest BCUT2D eigenvalue weighted by Crippen LogP contribution is 2.38. The van der Waals surface area contributed by atoms with Crippen molar-refractivity contribution in [3.8, 4) is 0 Å². The van der Waals surface area contributed by atoms with Crippen LogP contribution in [0.3, 0.4) is 0 Å². The largest absolute Gasteiger partial charge is 0.511 e. The van der Waals surface area contributed by atoms with Gasteiger partial charge >= 0.3 is 0 Å². The van der Waals surface area contributed by atoms with Crippen LogP contribution in [0.5, 0.6) is 0 Å². The summed E-state index contributed by atoms with van der Waals surface area (Å²) < 4.78 is 5.57. The van der Waals surface area contributed by atoms with Crippen LogP contribution in [-0.2, 0) is 4.74 Å². The first-order valence-electron chi connectivity index (χ1n) is 6.10. The third-order valence-electron chi connectivity index (χ3n) is 3.33. The average molecular weight is 220 g/mol. The molecule has 0 saturated carbocycles. The lowest BCUT2D eigenvalue weighted by atomic mass is 9.32. The molecule has 0 amide bonds. The number of allylic oxidation sites excluding steroid dienone is 2. The van der Waals surface area contributed by atoms with E-state index in [0.717, 1.165) is 5.66 Å². The maximum Gasteiger partial charge on any atom is 0.251 e. The van der Waals surface area contributed by atoms with Crippen molar-refractivity contribution in [2.75, 3.05) is 7.11 Å². The Morgan fingerprint density at radius 1 is 1.12 bits per heavy atom. The SMILES string of the molecule is COC1=CC(C(C)(C)C)C=CB1C(C)(C)C. The van der Waals surface area contributed by atoms with Crippen molar-refractivity contribution in [3.63, 3.8) is 0 Å². The first kappa shape index (κ1) is 13.4. The monoisotopic (exact) mass is 220 g/mol.